The molecule has 84 valence electrons. The number of hydrogen-bond donors (Lipinski definition) is 2. The van der Waals surface area contributed by atoms with Crippen molar-refractivity contribution in [1.82, 2.24) is 5.32 Å². The first kappa shape index (κ1) is 12.6. The minimum absolute atomic E-state index is 0.0696. The number of aliphatic hydroxyl groups excluding tert-OH is 1. The van der Waals surface area contributed by atoms with Crippen LogP contribution < -0.4 is 5.32 Å². The molecule has 0 saturated heterocycles. The van der Waals surface area contributed by atoms with E-state index in [1.54, 1.807) is 6.07 Å². The second-order valence-electron chi connectivity index (χ2n) is 3.40. The Morgan fingerprint density at radius 1 is 1.53 bits per heavy atom. The van der Waals surface area contributed by atoms with Crippen LogP contribution in [0.5, 0.6) is 0 Å². The fourth-order valence-corrected chi connectivity index (χ4v) is 1.66. The molecule has 0 radical (unpaired) electrons. The minimum atomic E-state index is -0.243. The Labute approximate surface area is 97.6 Å². The van der Waals surface area contributed by atoms with Gasteiger partial charge in [-0.3, -0.25) is 0 Å². The molecule has 0 bridgehead atoms. The summed E-state index contributed by atoms with van der Waals surface area (Å²) in [6.07, 6.45) is 0.851. The van der Waals surface area contributed by atoms with E-state index < -0.39 is 0 Å². The molecule has 15 heavy (non-hydrogen) atoms. The van der Waals surface area contributed by atoms with Crippen LogP contribution in [0.1, 0.15) is 18.9 Å². The van der Waals surface area contributed by atoms with Crippen LogP contribution in [0.3, 0.4) is 0 Å². The number of aliphatic hydroxyl groups is 1. The first-order valence-corrected chi connectivity index (χ1v) is 5.74. The highest BCUT2D eigenvalue weighted by atomic mass is 79.9. The Balaban J connectivity index is 2.60. The molecule has 2 nitrogen and oxygen atoms in total. The first-order chi connectivity index (χ1) is 7.17. The summed E-state index contributed by atoms with van der Waals surface area (Å²) in [7, 11) is 0. The van der Waals surface area contributed by atoms with Crippen LogP contribution in [0, 0.1) is 5.82 Å². The van der Waals surface area contributed by atoms with E-state index in [9.17, 15) is 4.39 Å². The molecule has 1 aromatic rings. The van der Waals surface area contributed by atoms with Crippen LogP contribution in [0.25, 0.3) is 0 Å². The van der Waals surface area contributed by atoms with Crippen molar-refractivity contribution in [3.8, 4) is 0 Å². The van der Waals surface area contributed by atoms with Crippen LogP contribution >= 0.6 is 15.9 Å². The van der Waals surface area contributed by atoms with Crippen LogP contribution in [-0.4, -0.2) is 17.8 Å². The van der Waals surface area contributed by atoms with Gasteiger partial charge in [0.1, 0.15) is 5.82 Å². The lowest BCUT2D eigenvalue weighted by molar-refractivity contribution is 0.238. The fourth-order valence-electron chi connectivity index (χ4n) is 1.27. The number of nitrogens with one attached hydrogen (secondary N) is 1. The van der Waals surface area contributed by atoms with Crippen LogP contribution in [0.2, 0.25) is 0 Å². The predicted molar refractivity (Wildman–Crippen MR) is 62.1 cm³/mol. The van der Waals surface area contributed by atoms with Crippen molar-refractivity contribution in [2.45, 2.75) is 25.9 Å². The Hall–Kier alpha value is -0.450. The van der Waals surface area contributed by atoms with Crippen molar-refractivity contribution in [2.75, 3.05) is 6.61 Å². The average Bonchev–Trinajstić information content (AvgIpc) is 2.24. The lowest BCUT2D eigenvalue weighted by Gasteiger charge is -2.14. The van der Waals surface area contributed by atoms with Gasteiger partial charge in [-0.1, -0.05) is 22.9 Å². The summed E-state index contributed by atoms with van der Waals surface area (Å²) in [5, 5.41) is 12.1. The van der Waals surface area contributed by atoms with Gasteiger partial charge in [-0.25, -0.2) is 4.39 Å². The van der Waals surface area contributed by atoms with Gasteiger partial charge in [-0.2, -0.15) is 0 Å². The van der Waals surface area contributed by atoms with Gasteiger partial charge in [0.05, 0.1) is 6.61 Å². The van der Waals surface area contributed by atoms with Gasteiger partial charge in [-0.05, 0) is 30.2 Å². The van der Waals surface area contributed by atoms with Gasteiger partial charge >= 0.3 is 0 Å². The summed E-state index contributed by atoms with van der Waals surface area (Å²) in [6.45, 7) is 2.65. The van der Waals surface area contributed by atoms with Gasteiger partial charge in [0.2, 0.25) is 0 Å². The van der Waals surface area contributed by atoms with E-state index in [1.165, 1.54) is 12.1 Å². The molecule has 0 aliphatic rings. The highest BCUT2D eigenvalue weighted by Gasteiger charge is 2.06. The molecule has 0 aliphatic heterocycles. The zero-order chi connectivity index (χ0) is 11.3. The maximum Gasteiger partial charge on any atom is 0.123 e. The molecule has 0 heterocycles. The predicted octanol–water partition coefficient (Wildman–Crippen LogP) is 2.45. The molecule has 1 rings (SSSR count). The van der Waals surface area contributed by atoms with Gasteiger partial charge in [0.15, 0.2) is 0 Å². The van der Waals surface area contributed by atoms with Crippen LogP contribution in [-0.2, 0) is 6.54 Å². The van der Waals surface area contributed by atoms with E-state index in [1.807, 2.05) is 6.92 Å². The Kier molecular flexibility index (Phi) is 5.22. The minimum Gasteiger partial charge on any atom is -0.395 e. The van der Waals surface area contributed by atoms with Crippen molar-refractivity contribution >= 4 is 15.9 Å². The molecule has 2 N–H and O–H groups in total. The topological polar surface area (TPSA) is 32.3 Å². The molecule has 1 aromatic carbocycles. The molecule has 0 aromatic heterocycles. The maximum absolute atomic E-state index is 12.9. The summed E-state index contributed by atoms with van der Waals surface area (Å²) in [5.74, 6) is -0.243. The van der Waals surface area contributed by atoms with Gasteiger partial charge in [-0.15, -0.1) is 0 Å². The standard InChI is InChI=1S/C11H15BrFNO/c1-2-10(7-15)14-6-8-5-9(13)3-4-11(8)12/h3-5,10,14-15H,2,6-7H2,1H3. The Bertz CT molecular complexity index is 315. The van der Waals surface area contributed by atoms with Crippen molar-refractivity contribution in [1.29, 1.82) is 0 Å². The van der Waals surface area contributed by atoms with E-state index in [-0.39, 0.29) is 18.5 Å². The quantitative estimate of drug-likeness (QED) is 0.865. The van der Waals surface area contributed by atoms with Crippen molar-refractivity contribution < 1.29 is 9.50 Å². The average molecular weight is 276 g/mol. The Morgan fingerprint density at radius 2 is 2.27 bits per heavy atom. The van der Waals surface area contributed by atoms with E-state index in [2.05, 4.69) is 21.2 Å². The molecule has 0 amide bonds. The third kappa shape index (κ3) is 3.89. The van der Waals surface area contributed by atoms with E-state index in [0.29, 0.717) is 6.54 Å². The summed E-state index contributed by atoms with van der Waals surface area (Å²) < 4.78 is 13.8. The third-order valence-electron chi connectivity index (χ3n) is 2.30. The van der Waals surface area contributed by atoms with E-state index in [4.69, 9.17) is 5.11 Å². The third-order valence-corrected chi connectivity index (χ3v) is 3.08. The number of halogens is 2. The zero-order valence-electron chi connectivity index (χ0n) is 8.63. The molecule has 0 fully saturated rings. The molecular formula is C11H15BrFNO. The molecule has 0 aliphatic carbocycles. The lowest BCUT2D eigenvalue weighted by Crippen LogP contribution is -2.31. The molecule has 1 atom stereocenters. The molecular weight excluding hydrogens is 261 g/mol. The SMILES string of the molecule is CCC(CO)NCc1cc(F)ccc1Br. The number of rotatable bonds is 5. The monoisotopic (exact) mass is 275 g/mol. The molecule has 4 heteroatoms. The van der Waals surface area contributed by atoms with Crippen molar-refractivity contribution in [3.05, 3.63) is 34.1 Å². The highest BCUT2D eigenvalue weighted by Crippen LogP contribution is 2.17. The van der Waals surface area contributed by atoms with Crippen LogP contribution in [0.15, 0.2) is 22.7 Å². The lowest BCUT2D eigenvalue weighted by atomic mass is 10.2. The largest absolute Gasteiger partial charge is 0.395 e. The second kappa shape index (κ2) is 6.20. The van der Waals surface area contributed by atoms with Crippen molar-refractivity contribution in [3.63, 3.8) is 0 Å². The summed E-state index contributed by atoms with van der Waals surface area (Å²) >= 11 is 3.36. The van der Waals surface area contributed by atoms with Gasteiger partial charge in [0, 0.05) is 17.1 Å². The molecule has 1 unspecified atom stereocenters. The summed E-state index contributed by atoms with van der Waals surface area (Å²) in [4.78, 5) is 0. The summed E-state index contributed by atoms with van der Waals surface area (Å²) in [6, 6.07) is 4.66. The molecule has 0 spiro atoms. The van der Waals surface area contributed by atoms with E-state index in [0.717, 1.165) is 16.5 Å². The Morgan fingerprint density at radius 3 is 2.87 bits per heavy atom. The van der Waals surface area contributed by atoms with Gasteiger partial charge in [0.25, 0.3) is 0 Å². The molecule has 0 saturated carbocycles. The highest BCUT2D eigenvalue weighted by molar-refractivity contribution is 9.10. The maximum atomic E-state index is 12.9. The van der Waals surface area contributed by atoms with Gasteiger partial charge < -0.3 is 10.4 Å². The van der Waals surface area contributed by atoms with Crippen LogP contribution in [0.4, 0.5) is 4.39 Å². The first-order valence-electron chi connectivity index (χ1n) is 4.95. The zero-order valence-corrected chi connectivity index (χ0v) is 10.2. The normalized spacial score (nSPS) is 12.8. The smallest absolute Gasteiger partial charge is 0.123 e. The second-order valence-corrected chi connectivity index (χ2v) is 4.26. The number of benzene rings is 1. The number of hydrogen-bond acceptors (Lipinski definition) is 2. The fraction of sp³-hybridized carbons (Fsp3) is 0.455. The van der Waals surface area contributed by atoms with E-state index >= 15 is 0 Å². The summed E-state index contributed by atoms with van der Waals surface area (Å²) in [5.41, 5.74) is 0.863. The van der Waals surface area contributed by atoms with Crippen molar-refractivity contribution in [2.24, 2.45) is 0 Å².